The Bertz CT molecular complexity index is 317. The van der Waals surface area contributed by atoms with Crippen molar-refractivity contribution in [3.05, 3.63) is 18.1 Å². The van der Waals surface area contributed by atoms with E-state index in [2.05, 4.69) is 52.0 Å². The minimum Gasteiger partial charge on any atom is -0.367 e. The molecule has 0 aromatic carbocycles. The van der Waals surface area contributed by atoms with Crippen molar-refractivity contribution >= 4 is 21.7 Å². The van der Waals surface area contributed by atoms with Gasteiger partial charge in [-0.3, -0.25) is 0 Å². The van der Waals surface area contributed by atoms with Crippen LogP contribution in [0, 0.1) is 5.92 Å². The monoisotopic (exact) mass is 285 g/mol. The lowest BCUT2D eigenvalue weighted by Gasteiger charge is -2.19. The molecular weight excluding hydrogens is 266 g/mol. The van der Waals surface area contributed by atoms with Crippen molar-refractivity contribution in [3.8, 4) is 0 Å². The first-order valence-electron chi connectivity index (χ1n) is 5.80. The quantitative estimate of drug-likeness (QED) is 0.816. The molecule has 4 heteroatoms. The zero-order valence-corrected chi connectivity index (χ0v) is 11.8. The molecule has 0 saturated heterocycles. The van der Waals surface area contributed by atoms with E-state index in [-0.39, 0.29) is 0 Å². The lowest BCUT2D eigenvalue weighted by Crippen LogP contribution is -2.25. The van der Waals surface area contributed by atoms with Gasteiger partial charge in [0.25, 0.3) is 0 Å². The van der Waals surface area contributed by atoms with E-state index in [4.69, 9.17) is 0 Å². The summed E-state index contributed by atoms with van der Waals surface area (Å²) in [6.45, 7) is 6.54. The highest BCUT2D eigenvalue weighted by Crippen LogP contribution is 2.13. The van der Waals surface area contributed by atoms with Crippen LogP contribution in [-0.2, 0) is 6.42 Å². The van der Waals surface area contributed by atoms with Crippen LogP contribution in [0.2, 0.25) is 0 Å². The van der Waals surface area contributed by atoms with Crippen molar-refractivity contribution in [3.63, 3.8) is 0 Å². The summed E-state index contributed by atoms with van der Waals surface area (Å²) in [5.74, 6) is 1.50. The second-order valence-electron chi connectivity index (χ2n) is 4.21. The lowest BCUT2D eigenvalue weighted by molar-refractivity contribution is 0.570. The maximum atomic E-state index is 4.24. The summed E-state index contributed by atoms with van der Waals surface area (Å²) in [6.07, 6.45) is 3.77. The van der Waals surface area contributed by atoms with Crippen molar-refractivity contribution in [2.45, 2.75) is 39.7 Å². The zero-order chi connectivity index (χ0) is 12.0. The molecule has 0 aliphatic heterocycles. The van der Waals surface area contributed by atoms with Crippen molar-refractivity contribution < 1.29 is 0 Å². The van der Waals surface area contributed by atoms with Crippen LogP contribution in [0.25, 0.3) is 0 Å². The average Bonchev–Trinajstić information content (AvgIpc) is 2.29. The van der Waals surface area contributed by atoms with E-state index in [9.17, 15) is 0 Å². The van der Waals surface area contributed by atoms with Crippen molar-refractivity contribution in [1.29, 1.82) is 0 Å². The van der Waals surface area contributed by atoms with E-state index >= 15 is 0 Å². The summed E-state index contributed by atoms with van der Waals surface area (Å²) >= 11 is 3.50. The fraction of sp³-hybridized carbons (Fsp3) is 0.667. The molecule has 90 valence electrons. The van der Waals surface area contributed by atoms with Gasteiger partial charge >= 0.3 is 0 Å². The number of aryl methyl sites for hydroxylation is 1. The number of hydrogen-bond acceptors (Lipinski definition) is 3. The first kappa shape index (κ1) is 13.4. The van der Waals surface area contributed by atoms with E-state index in [1.54, 1.807) is 6.33 Å². The number of nitrogens with zero attached hydrogens (tertiary/aromatic N) is 2. The first-order chi connectivity index (χ1) is 7.67. The van der Waals surface area contributed by atoms with E-state index in [0.29, 0.717) is 12.0 Å². The normalized spacial score (nSPS) is 14.5. The second-order valence-corrected chi connectivity index (χ2v) is 4.86. The summed E-state index contributed by atoms with van der Waals surface area (Å²) in [6, 6.07) is 2.45. The summed E-state index contributed by atoms with van der Waals surface area (Å²) in [7, 11) is 0. The second kappa shape index (κ2) is 6.84. The minimum absolute atomic E-state index is 0.406. The Labute approximate surface area is 106 Å². The largest absolute Gasteiger partial charge is 0.367 e. The van der Waals surface area contributed by atoms with Gasteiger partial charge in [0.1, 0.15) is 12.1 Å². The highest BCUT2D eigenvalue weighted by atomic mass is 79.9. The summed E-state index contributed by atoms with van der Waals surface area (Å²) in [5, 5.41) is 4.40. The number of halogens is 1. The number of anilines is 1. The highest BCUT2D eigenvalue weighted by Gasteiger charge is 2.11. The molecule has 2 unspecified atom stereocenters. The van der Waals surface area contributed by atoms with Crippen LogP contribution < -0.4 is 5.32 Å². The van der Waals surface area contributed by atoms with E-state index < -0.39 is 0 Å². The van der Waals surface area contributed by atoms with Gasteiger partial charge in [0.15, 0.2) is 0 Å². The summed E-state index contributed by atoms with van der Waals surface area (Å²) in [5.41, 5.74) is 1.11. The molecule has 2 atom stereocenters. The molecular formula is C12H20BrN3. The molecule has 1 heterocycles. The third kappa shape index (κ3) is 4.08. The fourth-order valence-electron chi connectivity index (χ4n) is 1.38. The maximum absolute atomic E-state index is 4.24. The third-order valence-electron chi connectivity index (χ3n) is 2.70. The van der Waals surface area contributed by atoms with Gasteiger partial charge in [-0.2, -0.15) is 0 Å². The standard InChI is InChI=1S/C12H20BrN3/c1-4-5-11-6-12(15-8-14-11)16-10(3)9(2)7-13/h6,8-10H,4-5,7H2,1-3H3,(H,14,15,16). The summed E-state index contributed by atoms with van der Waals surface area (Å²) < 4.78 is 0. The molecule has 16 heavy (non-hydrogen) atoms. The van der Waals surface area contributed by atoms with Crippen molar-refractivity contribution in [2.75, 3.05) is 10.6 Å². The Kier molecular flexibility index (Phi) is 5.74. The smallest absolute Gasteiger partial charge is 0.129 e. The Morgan fingerprint density at radius 3 is 2.75 bits per heavy atom. The molecule has 3 nitrogen and oxygen atoms in total. The third-order valence-corrected chi connectivity index (χ3v) is 3.72. The predicted octanol–water partition coefficient (Wildman–Crippen LogP) is 3.26. The van der Waals surface area contributed by atoms with Crippen molar-refractivity contribution in [1.82, 2.24) is 9.97 Å². The number of aromatic nitrogens is 2. The van der Waals surface area contributed by atoms with Gasteiger partial charge in [-0.25, -0.2) is 9.97 Å². The van der Waals surface area contributed by atoms with Gasteiger partial charge in [-0.15, -0.1) is 0 Å². The lowest BCUT2D eigenvalue weighted by atomic mass is 10.1. The van der Waals surface area contributed by atoms with Crippen LogP contribution >= 0.6 is 15.9 Å². The molecule has 1 aromatic heterocycles. The van der Waals surface area contributed by atoms with Gasteiger partial charge in [0.2, 0.25) is 0 Å². The van der Waals surface area contributed by atoms with Crippen LogP contribution in [0.5, 0.6) is 0 Å². The SMILES string of the molecule is CCCc1cc(NC(C)C(C)CBr)ncn1. The molecule has 1 rings (SSSR count). The first-order valence-corrected chi connectivity index (χ1v) is 6.93. The molecule has 0 saturated carbocycles. The van der Waals surface area contributed by atoms with E-state index in [1.165, 1.54) is 0 Å². The van der Waals surface area contributed by atoms with Crippen LogP contribution in [0.15, 0.2) is 12.4 Å². The van der Waals surface area contributed by atoms with Gasteiger partial charge in [0.05, 0.1) is 0 Å². The minimum atomic E-state index is 0.406. The molecule has 0 amide bonds. The topological polar surface area (TPSA) is 37.8 Å². The Hall–Kier alpha value is -0.640. The Morgan fingerprint density at radius 1 is 1.38 bits per heavy atom. The highest BCUT2D eigenvalue weighted by molar-refractivity contribution is 9.09. The van der Waals surface area contributed by atoms with Gasteiger partial charge in [-0.05, 0) is 19.3 Å². The number of alkyl halides is 1. The predicted molar refractivity (Wildman–Crippen MR) is 72.1 cm³/mol. The summed E-state index contributed by atoms with van der Waals surface area (Å²) in [4.78, 5) is 8.48. The van der Waals surface area contributed by atoms with Crippen molar-refractivity contribution in [2.24, 2.45) is 5.92 Å². The van der Waals surface area contributed by atoms with Crippen LogP contribution in [0.3, 0.4) is 0 Å². The van der Waals surface area contributed by atoms with E-state index in [0.717, 1.165) is 29.7 Å². The molecule has 0 spiro atoms. The van der Waals surface area contributed by atoms with Crippen LogP contribution in [0.4, 0.5) is 5.82 Å². The zero-order valence-electron chi connectivity index (χ0n) is 10.2. The van der Waals surface area contributed by atoms with E-state index in [1.807, 2.05) is 6.07 Å². The van der Waals surface area contributed by atoms with Gasteiger partial charge in [-0.1, -0.05) is 36.2 Å². The van der Waals surface area contributed by atoms with Crippen LogP contribution in [-0.4, -0.2) is 21.3 Å². The average molecular weight is 286 g/mol. The maximum Gasteiger partial charge on any atom is 0.129 e. The molecule has 1 aromatic rings. The molecule has 0 aliphatic rings. The Balaban J connectivity index is 2.62. The van der Waals surface area contributed by atoms with Crippen LogP contribution in [0.1, 0.15) is 32.9 Å². The fourth-order valence-corrected chi connectivity index (χ4v) is 1.94. The van der Waals surface area contributed by atoms with Gasteiger partial charge < -0.3 is 5.32 Å². The Morgan fingerprint density at radius 2 is 2.12 bits per heavy atom. The number of rotatable bonds is 6. The molecule has 1 N–H and O–H groups in total. The molecule has 0 fully saturated rings. The number of hydrogen-bond donors (Lipinski definition) is 1. The van der Waals surface area contributed by atoms with Gasteiger partial charge in [0, 0.05) is 23.1 Å². The molecule has 0 radical (unpaired) electrons. The molecule has 0 aliphatic carbocycles. The molecule has 0 bridgehead atoms. The number of nitrogens with one attached hydrogen (secondary N) is 1.